The van der Waals surface area contributed by atoms with E-state index in [1.54, 1.807) is 11.6 Å². The highest BCUT2D eigenvalue weighted by Crippen LogP contribution is 2.23. The highest BCUT2D eigenvalue weighted by Gasteiger charge is 2.13. The fourth-order valence-corrected chi connectivity index (χ4v) is 1.41. The lowest BCUT2D eigenvalue weighted by atomic mass is 10.1. The van der Waals surface area contributed by atoms with Crippen LogP contribution in [0.2, 0.25) is 0 Å². The molecule has 0 aliphatic heterocycles. The summed E-state index contributed by atoms with van der Waals surface area (Å²) in [5, 5.41) is 0. The molecular weight excluding hydrogens is 226 g/mol. The fraction of sp³-hybridized carbons (Fsp3) is 0.250. The summed E-state index contributed by atoms with van der Waals surface area (Å²) in [5.41, 5.74) is 5.08. The van der Waals surface area contributed by atoms with E-state index in [1.807, 2.05) is 0 Å². The lowest BCUT2D eigenvalue weighted by Crippen LogP contribution is -2.10. The van der Waals surface area contributed by atoms with Crippen LogP contribution in [0.15, 0.2) is 12.1 Å². The molecule has 0 bridgehead atoms. The topological polar surface area (TPSA) is 75.3 Å². The fourth-order valence-electron chi connectivity index (χ4n) is 1.04. The van der Waals surface area contributed by atoms with E-state index in [4.69, 9.17) is 10.3 Å². The van der Waals surface area contributed by atoms with Crippen LogP contribution in [0.3, 0.4) is 0 Å². The second kappa shape index (κ2) is 4.65. The number of hydrogen-bond donors (Lipinski definition) is 3. The first-order chi connectivity index (χ1) is 6.91. The van der Waals surface area contributed by atoms with Gasteiger partial charge in [0.25, 0.3) is 11.3 Å². The first kappa shape index (κ1) is 12.0. The molecule has 0 saturated heterocycles. The summed E-state index contributed by atoms with van der Waals surface area (Å²) in [6.45, 7) is 1.57. The summed E-state index contributed by atoms with van der Waals surface area (Å²) < 4.78 is 47.0. The Bertz CT molecular complexity index is 375. The van der Waals surface area contributed by atoms with E-state index >= 15 is 0 Å². The molecule has 0 aliphatic carbocycles. The quantitative estimate of drug-likeness (QED) is 0.697. The van der Waals surface area contributed by atoms with Gasteiger partial charge < -0.3 is 5.73 Å². The van der Waals surface area contributed by atoms with E-state index in [1.165, 1.54) is 0 Å². The maximum absolute atomic E-state index is 13.2. The van der Waals surface area contributed by atoms with E-state index in [9.17, 15) is 13.0 Å². The number of nitrogens with two attached hydrogens (primary N) is 1. The Balaban J connectivity index is 3.15. The summed E-state index contributed by atoms with van der Waals surface area (Å²) in [6.07, 6.45) is 0. The molecule has 0 aliphatic rings. The minimum absolute atomic E-state index is 0.277. The SMILES string of the molecule is C[C@@H](N)c1cc(F)c(NS(=O)O)c(F)c1. The minimum atomic E-state index is -2.52. The van der Waals surface area contributed by atoms with Crippen LogP contribution in [-0.2, 0) is 11.3 Å². The number of halogens is 2. The Morgan fingerprint density at radius 1 is 1.47 bits per heavy atom. The Morgan fingerprint density at radius 2 is 1.93 bits per heavy atom. The van der Waals surface area contributed by atoms with Crippen LogP contribution in [0.25, 0.3) is 0 Å². The molecule has 0 fully saturated rings. The van der Waals surface area contributed by atoms with Gasteiger partial charge in [0.2, 0.25) is 0 Å². The van der Waals surface area contributed by atoms with Gasteiger partial charge in [-0.1, -0.05) is 0 Å². The third kappa shape index (κ3) is 2.95. The average molecular weight is 236 g/mol. The lowest BCUT2D eigenvalue weighted by molar-refractivity contribution is 0.562. The monoisotopic (exact) mass is 236 g/mol. The first-order valence-electron chi connectivity index (χ1n) is 4.04. The zero-order valence-corrected chi connectivity index (χ0v) is 8.65. The predicted octanol–water partition coefficient (Wildman–Crippen LogP) is 1.53. The lowest BCUT2D eigenvalue weighted by Gasteiger charge is -2.09. The third-order valence-electron chi connectivity index (χ3n) is 1.78. The molecule has 0 spiro atoms. The molecule has 4 N–H and O–H groups in total. The van der Waals surface area contributed by atoms with Crippen molar-refractivity contribution in [3.05, 3.63) is 29.3 Å². The van der Waals surface area contributed by atoms with E-state index in [-0.39, 0.29) is 5.56 Å². The Kier molecular flexibility index (Phi) is 3.72. The molecule has 0 heterocycles. The van der Waals surface area contributed by atoms with Gasteiger partial charge in [0, 0.05) is 6.04 Å². The van der Waals surface area contributed by atoms with Crippen LogP contribution in [-0.4, -0.2) is 8.76 Å². The maximum atomic E-state index is 13.2. The van der Waals surface area contributed by atoms with Crippen molar-refractivity contribution in [2.75, 3.05) is 4.72 Å². The molecule has 0 aromatic heterocycles. The summed E-state index contributed by atoms with van der Waals surface area (Å²) in [7, 11) is 0. The van der Waals surface area contributed by atoms with Crippen LogP contribution in [0.1, 0.15) is 18.5 Å². The van der Waals surface area contributed by atoms with Crippen molar-refractivity contribution < 1.29 is 17.5 Å². The summed E-state index contributed by atoms with van der Waals surface area (Å²) in [4.78, 5) is 0. The number of hydrogen-bond acceptors (Lipinski definition) is 2. The van der Waals surface area contributed by atoms with Crippen molar-refractivity contribution in [2.24, 2.45) is 5.73 Å². The van der Waals surface area contributed by atoms with E-state index in [0.29, 0.717) is 0 Å². The van der Waals surface area contributed by atoms with Gasteiger partial charge in [0.15, 0.2) is 11.6 Å². The first-order valence-corrected chi connectivity index (χ1v) is 5.14. The molecule has 4 nitrogen and oxygen atoms in total. The van der Waals surface area contributed by atoms with Gasteiger partial charge in [-0.05, 0) is 24.6 Å². The van der Waals surface area contributed by atoms with Crippen LogP contribution < -0.4 is 10.5 Å². The molecule has 1 unspecified atom stereocenters. The van der Waals surface area contributed by atoms with Crippen molar-refractivity contribution in [1.82, 2.24) is 0 Å². The molecule has 7 heteroatoms. The second-order valence-corrected chi connectivity index (χ2v) is 3.70. The van der Waals surface area contributed by atoms with Gasteiger partial charge in [-0.3, -0.25) is 9.27 Å². The Morgan fingerprint density at radius 3 is 2.27 bits per heavy atom. The highest BCUT2D eigenvalue weighted by atomic mass is 32.2. The van der Waals surface area contributed by atoms with E-state index in [2.05, 4.69) is 0 Å². The zero-order chi connectivity index (χ0) is 11.6. The molecule has 15 heavy (non-hydrogen) atoms. The maximum Gasteiger partial charge on any atom is 0.259 e. The molecule has 0 amide bonds. The highest BCUT2D eigenvalue weighted by molar-refractivity contribution is 7.80. The third-order valence-corrected chi connectivity index (χ3v) is 2.16. The van der Waals surface area contributed by atoms with Crippen molar-refractivity contribution in [3.63, 3.8) is 0 Å². The number of nitrogens with one attached hydrogen (secondary N) is 1. The van der Waals surface area contributed by atoms with E-state index in [0.717, 1.165) is 12.1 Å². The second-order valence-electron chi connectivity index (χ2n) is 3.00. The van der Waals surface area contributed by atoms with Crippen molar-refractivity contribution in [3.8, 4) is 0 Å². The predicted molar refractivity (Wildman–Crippen MR) is 53.4 cm³/mol. The van der Waals surface area contributed by atoms with Crippen molar-refractivity contribution >= 4 is 17.0 Å². The van der Waals surface area contributed by atoms with Crippen LogP contribution in [0.5, 0.6) is 0 Å². The molecule has 1 aromatic carbocycles. The molecule has 1 rings (SSSR count). The normalized spacial score (nSPS) is 14.7. The molecule has 1 aromatic rings. The molecular formula is C8H10F2N2O2S. The molecule has 2 atom stereocenters. The van der Waals surface area contributed by atoms with Crippen molar-refractivity contribution in [1.29, 1.82) is 0 Å². The van der Waals surface area contributed by atoms with Gasteiger partial charge >= 0.3 is 0 Å². The summed E-state index contributed by atoms with van der Waals surface area (Å²) in [6, 6.07) is 1.52. The van der Waals surface area contributed by atoms with Crippen LogP contribution >= 0.6 is 0 Å². The largest absolute Gasteiger partial charge is 0.324 e. The zero-order valence-electron chi connectivity index (χ0n) is 7.83. The Labute approximate surface area is 87.9 Å². The summed E-state index contributed by atoms with van der Waals surface area (Å²) in [5.74, 6) is -1.91. The van der Waals surface area contributed by atoms with Crippen LogP contribution in [0, 0.1) is 11.6 Å². The number of anilines is 1. The van der Waals surface area contributed by atoms with E-state index < -0.39 is 34.6 Å². The van der Waals surface area contributed by atoms with Gasteiger partial charge in [0.1, 0.15) is 5.69 Å². The van der Waals surface area contributed by atoms with Gasteiger partial charge in [-0.25, -0.2) is 13.0 Å². The number of benzene rings is 1. The van der Waals surface area contributed by atoms with Gasteiger partial charge in [-0.2, -0.15) is 0 Å². The Hall–Kier alpha value is -1.05. The van der Waals surface area contributed by atoms with Crippen LogP contribution in [0.4, 0.5) is 14.5 Å². The molecule has 0 saturated carbocycles. The smallest absolute Gasteiger partial charge is 0.259 e. The summed E-state index contributed by atoms with van der Waals surface area (Å²) >= 11 is -2.52. The van der Waals surface area contributed by atoms with Gasteiger partial charge in [0.05, 0.1) is 0 Å². The standard InChI is InChI=1S/C8H10F2N2O2S/c1-4(11)5-2-6(9)8(7(10)3-5)12-15(13)14/h2-4,12H,11H2,1H3,(H,13,14)/t4-/m1/s1. The number of rotatable bonds is 3. The minimum Gasteiger partial charge on any atom is -0.324 e. The molecule has 84 valence electrons. The van der Waals surface area contributed by atoms with Gasteiger partial charge in [-0.15, -0.1) is 0 Å². The van der Waals surface area contributed by atoms with Crippen molar-refractivity contribution in [2.45, 2.75) is 13.0 Å². The molecule has 0 radical (unpaired) electrons. The average Bonchev–Trinajstić information content (AvgIpc) is 2.10.